The molecule has 92 valence electrons. The van der Waals surface area contributed by atoms with Crippen LogP contribution in [0.15, 0.2) is 22.7 Å². The number of carboxylic acids is 1. The largest absolute Gasteiger partial charge is 0.481 e. The first kappa shape index (κ1) is 14.0. The van der Waals surface area contributed by atoms with E-state index >= 15 is 0 Å². The topological polar surface area (TPSA) is 92.4 Å². The molecule has 0 saturated carbocycles. The van der Waals surface area contributed by atoms with Crippen LogP contribution in [0.2, 0.25) is 5.02 Å². The number of carbonyl (C=O) groups excluding carboxylic acids is 1. The summed E-state index contributed by atoms with van der Waals surface area (Å²) >= 11 is 9.09. The Hall–Kier alpha value is -1.11. The number of carbonyl (C=O) groups is 2. The molecule has 0 saturated heterocycles. The summed E-state index contributed by atoms with van der Waals surface area (Å²) in [5.41, 5.74) is 5.79. The van der Waals surface area contributed by atoms with Gasteiger partial charge in [0.15, 0.2) is 0 Å². The number of aliphatic carboxylic acids is 1. The second-order valence-electron chi connectivity index (χ2n) is 3.32. The minimum absolute atomic E-state index is 0.351. The first-order valence-electron chi connectivity index (χ1n) is 4.63. The van der Waals surface area contributed by atoms with Gasteiger partial charge in [-0.05, 0) is 18.2 Å². The number of halogens is 2. The zero-order valence-electron chi connectivity index (χ0n) is 8.61. The average Bonchev–Trinajstić information content (AvgIpc) is 2.22. The van der Waals surface area contributed by atoms with E-state index < -0.39 is 24.3 Å². The van der Waals surface area contributed by atoms with Crippen molar-refractivity contribution >= 4 is 45.1 Å². The molecule has 7 heteroatoms. The molecule has 1 atom stereocenters. The smallest absolute Gasteiger partial charge is 0.305 e. The third-order valence-corrected chi connectivity index (χ3v) is 2.74. The Bertz CT molecular complexity index is 453. The fourth-order valence-corrected chi connectivity index (χ4v) is 1.63. The van der Waals surface area contributed by atoms with Crippen LogP contribution in [0.3, 0.4) is 0 Å². The van der Waals surface area contributed by atoms with Crippen LogP contribution < -0.4 is 11.1 Å². The summed E-state index contributed by atoms with van der Waals surface area (Å²) in [5, 5.41) is 11.3. The summed E-state index contributed by atoms with van der Waals surface area (Å²) in [4.78, 5) is 21.9. The number of anilines is 1. The fraction of sp³-hybridized carbons (Fsp3) is 0.200. The Kier molecular flexibility index (Phi) is 4.92. The van der Waals surface area contributed by atoms with Gasteiger partial charge in [-0.25, -0.2) is 0 Å². The highest BCUT2D eigenvalue weighted by Crippen LogP contribution is 2.25. The van der Waals surface area contributed by atoms with Crippen molar-refractivity contribution in [3.05, 3.63) is 27.7 Å². The lowest BCUT2D eigenvalue weighted by atomic mass is 10.2. The molecule has 5 nitrogen and oxygen atoms in total. The normalized spacial score (nSPS) is 11.9. The molecule has 1 aromatic rings. The summed E-state index contributed by atoms with van der Waals surface area (Å²) in [6.07, 6.45) is -0.433. The van der Waals surface area contributed by atoms with Crippen LogP contribution in [0.5, 0.6) is 0 Å². The van der Waals surface area contributed by atoms with E-state index in [1.807, 2.05) is 0 Å². The van der Waals surface area contributed by atoms with Crippen LogP contribution >= 0.6 is 27.5 Å². The van der Waals surface area contributed by atoms with Gasteiger partial charge >= 0.3 is 5.97 Å². The Balaban J connectivity index is 2.73. The van der Waals surface area contributed by atoms with Crippen LogP contribution in [0.25, 0.3) is 0 Å². The quantitative estimate of drug-likeness (QED) is 0.789. The van der Waals surface area contributed by atoms with Gasteiger partial charge in [0.05, 0.1) is 23.2 Å². The van der Waals surface area contributed by atoms with E-state index in [1.54, 1.807) is 18.2 Å². The van der Waals surface area contributed by atoms with Gasteiger partial charge in [-0.15, -0.1) is 0 Å². The van der Waals surface area contributed by atoms with Gasteiger partial charge in [-0.1, -0.05) is 27.5 Å². The molecule has 17 heavy (non-hydrogen) atoms. The molecule has 1 unspecified atom stereocenters. The monoisotopic (exact) mass is 320 g/mol. The first-order valence-corrected chi connectivity index (χ1v) is 5.80. The lowest BCUT2D eigenvalue weighted by Crippen LogP contribution is -2.37. The zero-order valence-corrected chi connectivity index (χ0v) is 11.0. The van der Waals surface area contributed by atoms with Crippen LogP contribution in [0.1, 0.15) is 6.42 Å². The Morgan fingerprint density at radius 3 is 2.76 bits per heavy atom. The molecule has 0 fully saturated rings. The third-order valence-electron chi connectivity index (χ3n) is 1.92. The number of nitrogens with two attached hydrogens (primary N) is 1. The summed E-state index contributed by atoms with van der Waals surface area (Å²) in [7, 11) is 0. The van der Waals surface area contributed by atoms with Gasteiger partial charge < -0.3 is 16.2 Å². The maximum Gasteiger partial charge on any atom is 0.305 e. The van der Waals surface area contributed by atoms with E-state index in [4.69, 9.17) is 22.4 Å². The molecule has 1 aromatic carbocycles. The number of hydrogen-bond donors (Lipinski definition) is 3. The average molecular weight is 322 g/mol. The van der Waals surface area contributed by atoms with Crippen molar-refractivity contribution in [2.75, 3.05) is 5.32 Å². The minimum Gasteiger partial charge on any atom is -0.481 e. The van der Waals surface area contributed by atoms with Crippen LogP contribution in [0, 0.1) is 0 Å². The third kappa shape index (κ3) is 4.33. The minimum atomic E-state index is -1.13. The molecule has 0 aliphatic rings. The Labute approximate surface area is 111 Å². The number of amides is 1. The molecule has 0 radical (unpaired) electrons. The summed E-state index contributed by atoms with van der Waals surface area (Å²) in [5.74, 6) is -1.72. The Morgan fingerprint density at radius 2 is 2.18 bits per heavy atom. The number of rotatable bonds is 4. The highest BCUT2D eigenvalue weighted by atomic mass is 79.9. The van der Waals surface area contributed by atoms with Gasteiger partial charge in [0.1, 0.15) is 0 Å². The SMILES string of the molecule is NC(CC(=O)O)C(=O)Nc1cc(Br)ccc1Cl. The van der Waals surface area contributed by atoms with E-state index in [0.29, 0.717) is 10.7 Å². The summed E-state index contributed by atoms with van der Waals surface area (Å²) in [6, 6.07) is 3.81. The summed E-state index contributed by atoms with van der Waals surface area (Å²) < 4.78 is 0.740. The molecule has 0 spiro atoms. The predicted octanol–water partition coefficient (Wildman–Crippen LogP) is 1.84. The van der Waals surface area contributed by atoms with Crippen molar-refractivity contribution in [2.24, 2.45) is 5.73 Å². The highest BCUT2D eigenvalue weighted by molar-refractivity contribution is 9.10. The molecule has 0 aromatic heterocycles. The van der Waals surface area contributed by atoms with Gasteiger partial charge in [0, 0.05) is 4.47 Å². The standard InChI is InChI=1S/C10H10BrClN2O3/c11-5-1-2-6(12)8(3-5)14-10(17)7(13)4-9(15)16/h1-3,7H,4,13H2,(H,14,17)(H,15,16). The molecular formula is C10H10BrClN2O3. The number of benzene rings is 1. The van der Waals surface area contributed by atoms with E-state index in [0.717, 1.165) is 4.47 Å². The molecular weight excluding hydrogens is 311 g/mol. The van der Waals surface area contributed by atoms with E-state index in [2.05, 4.69) is 21.2 Å². The highest BCUT2D eigenvalue weighted by Gasteiger charge is 2.17. The number of nitrogens with one attached hydrogen (secondary N) is 1. The van der Waals surface area contributed by atoms with Crippen molar-refractivity contribution in [3.63, 3.8) is 0 Å². The van der Waals surface area contributed by atoms with Gasteiger partial charge in [-0.3, -0.25) is 9.59 Å². The molecule has 0 aliphatic carbocycles. The van der Waals surface area contributed by atoms with Crippen LogP contribution in [0.4, 0.5) is 5.69 Å². The van der Waals surface area contributed by atoms with Crippen LogP contribution in [-0.4, -0.2) is 23.0 Å². The predicted molar refractivity (Wildman–Crippen MR) is 68.0 cm³/mol. The lowest BCUT2D eigenvalue weighted by molar-refractivity contribution is -0.138. The van der Waals surface area contributed by atoms with E-state index in [9.17, 15) is 9.59 Å². The van der Waals surface area contributed by atoms with Crippen molar-refractivity contribution in [3.8, 4) is 0 Å². The number of carboxylic acid groups (broad SMARTS) is 1. The van der Waals surface area contributed by atoms with Crippen molar-refractivity contribution in [1.29, 1.82) is 0 Å². The maximum atomic E-state index is 11.5. The van der Waals surface area contributed by atoms with Gasteiger partial charge in [-0.2, -0.15) is 0 Å². The zero-order chi connectivity index (χ0) is 13.0. The second-order valence-corrected chi connectivity index (χ2v) is 4.64. The van der Waals surface area contributed by atoms with Crippen molar-refractivity contribution in [1.82, 2.24) is 0 Å². The molecule has 1 rings (SSSR count). The summed E-state index contributed by atoms with van der Waals surface area (Å²) in [6.45, 7) is 0. The molecule has 4 N–H and O–H groups in total. The van der Waals surface area contributed by atoms with Crippen molar-refractivity contribution < 1.29 is 14.7 Å². The van der Waals surface area contributed by atoms with E-state index in [-0.39, 0.29) is 0 Å². The molecule has 0 heterocycles. The molecule has 0 aliphatic heterocycles. The first-order chi connectivity index (χ1) is 7.90. The van der Waals surface area contributed by atoms with Gasteiger partial charge in [0.2, 0.25) is 5.91 Å². The van der Waals surface area contributed by atoms with Gasteiger partial charge in [0.25, 0.3) is 0 Å². The fourth-order valence-electron chi connectivity index (χ4n) is 1.10. The maximum absolute atomic E-state index is 11.5. The molecule has 0 bridgehead atoms. The van der Waals surface area contributed by atoms with Crippen LogP contribution in [-0.2, 0) is 9.59 Å². The van der Waals surface area contributed by atoms with E-state index in [1.165, 1.54) is 0 Å². The lowest BCUT2D eigenvalue weighted by Gasteiger charge is -2.11. The van der Waals surface area contributed by atoms with Crippen molar-refractivity contribution in [2.45, 2.75) is 12.5 Å². The second kappa shape index (κ2) is 6.00. The molecule has 1 amide bonds. The number of hydrogen-bond acceptors (Lipinski definition) is 3. The Morgan fingerprint density at radius 1 is 1.53 bits per heavy atom.